The van der Waals surface area contributed by atoms with Crippen molar-refractivity contribution in [3.05, 3.63) is 23.3 Å². The third-order valence-electron chi connectivity index (χ3n) is 3.86. The molecule has 19 heavy (non-hydrogen) atoms. The van der Waals surface area contributed by atoms with Crippen LogP contribution in [0.3, 0.4) is 0 Å². The summed E-state index contributed by atoms with van der Waals surface area (Å²) in [5.41, 5.74) is 9.63. The highest BCUT2D eigenvalue weighted by molar-refractivity contribution is 5.92. The first kappa shape index (κ1) is 15.5. The molecule has 0 fully saturated rings. The Balaban J connectivity index is 2.76. The fourth-order valence-electron chi connectivity index (χ4n) is 1.79. The Hall–Kier alpha value is -1.51. The van der Waals surface area contributed by atoms with Gasteiger partial charge in [0.05, 0.1) is 0 Å². The van der Waals surface area contributed by atoms with Crippen LogP contribution in [0.1, 0.15) is 45.2 Å². The van der Waals surface area contributed by atoms with E-state index in [4.69, 9.17) is 5.73 Å². The van der Waals surface area contributed by atoms with E-state index in [1.54, 1.807) is 0 Å². The lowest BCUT2D eigenvalue weighted by Gasteiger charge is -2.26. The first-order valence-electron chi connectivity index (χ1n) is 6.78. The molecule has 0 saturated carbocycles. The van der Waals surface area contributed by atoms with Gasteiger partial charge in [-0.3, -0.25) is 4.79 Å². The van der Waals surface area contributed by atoms with Gasteiger partial charge in [0.2, 0.25) is 5.91 Å². The first-order chi connectivity index (χ1) is 8.61. The molecule has 106 valence electrons. The molecule has 3 N–H and O–H groups in total. The number of amides is 1. The number of nitrogen functional groups attached to an aromatic ring is 1. The smallest absolute Gasteiger partial charge is 0.224 e. The lowest BCUT2D eigenvalue weighted by atomic mass is 9.80. The Labute approximate surface area is 116 Å². The molecule has 0 bridgehead atoms. The molecule has 0 saturated heterocycles. The first-order valence-corrected chi connectivity index (χ1v) is 6.78. The molecule has 0 heterocycles. The second-order valence-corrected chi connectivity index (χ2v) is 6.54. The van der Waals surface area contributed by atoms with Gasteiger partial charge >= 0.3 is 0 Å². The number of hydrogen-bond donors (Lipinski definition) is 2. The quantitative estimate of drug-likeness (QED) is 0.812. The van der Waals surface area contributed by atoms with Crippen LogP contribution in [0, 0.1) is 25.2 Å². The number of aryl methyl sites for hydroxylation is 2. The SMILES string of the molecule is Cc1cc(C)c(NC(=O)CC(C)C(C)(C)C)cc1N. The molecule has 1 rings (SSSR count). The highest BCUT2D eigenvalue weighted by Gasteiger charge is 2.22. The monoisotopic (exact) mass is 262 g/mol. The van der Waals surface area contributed by atoms with Crippen LogP contribution >= 0.6 is 0 Å². The summed E-state index contributed by atoms with van der Waals surface area (Å²) in [4.78, 5) is 12.1. The summed E-state index contributed by atoms with van der Waals surface area (Å²) in [5, 5.41) is 2.96. The third-order valence-corrected chi connectivity index (χ3v) is 3.86. The largest absolute Gasteiger partial charge is 0.398 e. The van der Waals surface area contributed by atoms with Crippen LogP contribution in [0.2, 0.25) is 0 Å². The van der Waals surface area contributed by atoms with Crippen molar-refractivity contribution < 1.29 is 4.79 Å². The van der Waals surface area contributed by atoms with Crippen LogP contribution in [0.25, 0.3) is 0 Å². The van der Waals surface area contributed by atoms with Crippen molar-refractivity contribution in [2.45, 2.75) is 48.0 Å². The van der Waals surface area contributed by atoms with Crippen molar-refractivity contribution in [1.82, 2.24) is 0 Å². The van der Waals surface area contributed by atoms with Crippen LogP contribution in [-0.4, -0.2) is 5.91 Å². The van der Waals surface area contributed by atoms with Crippen molar-refractivity contribution >= 4 is 17.3 Å². The topological polar surface area (TPSA) is 55.1 Å². The van der Waals surface area contributed by atoms with Gasteiger partial charge < -0.3 is 11.1 Å². The van der Waals surface area contributed by atoms with Gasteiger partial charge in [-0.1, -0.05) is 33.8 Å². The normalized spacial score (nSPS) is 13.2. The molecular weight excluding hydrogens is 236 g/mol. The van der Waals surface area contributed by atoms with E-state index in [-0.39, 0.29) is 11.3 Å². The van der Waals surface area contributed by atoms with Gasteiger partial charge in [0, 0.05) is 17.8 Å². The van der Waals surface area contributed by atoms with Crippen molar-refractivity contribution in [3.63, 3.8) is 0 Å². The van der Waals surface area contributed by atoms with Crippen molar-refractivity contribution in [3.8, 4) is 0 Å². The van der Waals surface area contributed by atoms with Gasteiger partial charge in [-0.25, -0.2) is 0 Å². The maximum Gasteiger partial charge on any atom is 0.224 e. The number of carbonyl (C=O) groups excluding carboxylic acids is 1. The minimum Gasteiger partial charge on any atom is -0.398 e. The molecular formula is C16H26N2O. The highest BCUT2D eigenvalue weighted by Crippen LogP contribution is 2.29. The molecule has 0 spiro atoms. The van der Waals surface area contributed by atoms with Crippen LogP contribution < -0.4 is 11.1 Å². The predicted octanol–water partition coefficient (Wildman–Crippen LogP) is 3.90. The third kappa shape index (κ3) is 4.27. The molecule has 0 radical (unpaired) electrons. The summed E-state index contributed by atoms with van der Waals surface area (Å²) in [6.07, 6.45) is 0.525. The number of hydrogen-bond acceptors (Lipinski definition) is 2. The number of rotatable bonds is 3. The highest BCUT2D eigenvalue weighted by atomic mass is 16.1. The summed E-state index contributed by atoms with van der Waals surface area (Å²) in [6.45, 7) is 12.5. The molecule has 0 aliphatic heterocycles. The van der Waals surface area contributed by atoms with E-state index in [1.165, 1.54) is 0 Å². The summed E-state index contributed by atoms with van der Waals surface area (Å²) >= 11 is 0. The number of anilines is 2. The van der Waals surface area contributed by atoms with Gasteiger partial charge in [0.25, 0.3) is 0 Å². The molecule has 1 aromatic carbocycles. The van der Waals surface area contributed by atoms with Gasteiger partial charge in [0.15, 0.2) is 0 Å². The Morgan fingerprint density at radius 1 is 1.26 bits per heavy atom. The molecule has 3 heteroatoms. The van der Waals surface area contributed by atoms with Gasteiger partial charge in [-0.15, -0.1) is 0 Å². The van der Waals surface area contributed by atoms with Crippen molar-refractivity contribution in [2.75, 3.05) is 11.1 Å². The van der Waals surface area contributed by atoms with E-state index in [1.807, 2.05) is 26.0 Å². The van der Waals surface area contributed by atoms with Crippen LogP contribution in [0.4, 0.5) is 11.4 Å². The van der Waals surface area contributed by atoms with Crippen molar-refractivity contribution in [1.29, 1.82) is 0 Å². The molecule has 1 aromatic rings. The molecule has 3 nitrogen and oxygen atoms in total. The molecule has 1 amide bonds. The zero-order valence-electron chi connectivity index (χ0n) is 12.9. The van der Waals surface area contributed by atoms with Crippen LogP contribution in [-0.2, 0) is 4.79 Å². The molecule has 0 aromatic heterocycles. The minimum absolute atomic E-state index is 0.0498. The summed E-state index contributed by atoms with van der Waals surface area (Å²) < 4.78 is 0. The van der Waals surface area contributed by atoms with Crippen LogP contribution in [0.5, 0.6) is 0 Å². The number of nitrogens with two attached hydrogens (primary N) is 1. The fourth-order valence-corrected chi connectivity index (χ4v) is 1.79. The van der Waals surface area contributed by atoms with Crippen molar-refractivity contribution in [2.24, 2.45) is 11.3 Å². The summed E-state index contributed by atoms with van der Waals surface area (Å²) in [5.74, 6) is 0.379. The van der Waals surface area contributed by atoms with Gasteiger partial charge in [-0.05, 0) is 42.4 Å². The predicted molar refractivity (Wildman–Crippen MR) is 82.2 cm³/mol. The van der Waals surface area contributed by atoms with Crippen LogP contribution in [0.15, 0.2) is 12.1 Å². The van der Waals surface area contributed by atoms with E-state index in [9.17, 15) is 4.79 Å². The van der Waals surface area contributed by atoms with E-state index in [0.717, 1.165) is 16.8 Å². The number of nitrogens with one attached hydrogen (secondary N) is 1. The lowest BCUT2D eigenvalue weighted by Crippen LogP contribution is -2.24. The average Bonchev–Trinajstić information content (AvgIpc) is 2.24. The standard InChI is InChI=1S/C16H26N2O/c1-10-7-11(2)14(9-13(10)17)18-15(19)8-12(3)16(4,5)6/h7,9,12H,8,17H2,1-6H3,(H,18,19). The molecule has 1 atom stereocenters. The lowest BCUT2D eigenvalue weighted by molar-refractivity contribution is -0.117. The second-order valence-electron chi connectivity index (χ2n) is 6.54. The van der Waals surface area contributed by atoms with E-state index in [0.29, 0.717) is 18.0 Å². The molecule has 0 aliphatic carbocycles. The maximum absolute atomic E-state index is 12.1. The Morgan fingerprint density at radius 3 is 2.37 bits per heavy atom. The summed E-state index contributed by atoms with van der Waals surface area (Å²) in [7, 11) is 0. The second kappa shape index (κ2) is 5.64. The number of benzene rings is 1. The summed E-state index contributed by atoms with van der Waals surface area (Å²) in [6, 6.07) is 3.84. The average molecular weight is 262 g/mol. The zero-order chi connectivity index (χ0) is 14.8. The molecule has 1 unspecified atom stereocenters. The Kier molecular flexibility index (Phi) is 4.61. The van der Waals surface area contributed by atoms with E-state index < -0.39 is 0 Å². The van der Waals surface area contributed by atoms with E-state index >= 15 is 0 Å². The fraction of sp³-hybridized carbons (Fsp3) is 0.562. The zero-order valence-corrected chi connectivity index (χ0v) is 12.9. The molecule has 0 aliphatic rings. The number of carbonyl (C=O) groups is 1. The van der Waals surface area contributed by atoms with Gasteiger partial charge in [0.1, 0.15) is 0 Å². The minimum atomic E-state index is 0.0498. The maximum atomic E-state index is 12.1. The Morgan fingerprint density at radius 2 is 1.84 bits per heavy atom. The van der Waals surface area contributed by atoms with E-state index in [2.05, 4.69) is 33.0 Å². The Bertz CT molecular complexity index is 472. The van der Waals surface area contributed by atoms with Gasteiger partial charge in [-0.2, -0.15) is 0 Å².